The van der Waals surface area contributed by atoms with Gasteiger partial charge in [0.05, 0.1) is 5.92 Å². The van der Waals surface area contributed by atoms with Crippen LogP contribution in [0.25, 0.3) is 11.2 Å². The Labute approximate surface area is 197 Å². The van der Waals surface area contributed by atoms with Crippen LogP contribution in [0.15, 0.2) is 6.33 Å². The molecule has 33 heavy (non-hydrogen) atoms. The monoisotopic (exact) mass is 453 g/mol. The summed E-state index contributed by atoms with van der Waals surface area (Å²) in [4.78, 5) is 31.9. The molecule has 1 saturated carbocycles. The fraction of sp³-hybridized carbons (Fsp3) is 0.760. The minimum absolute atomic E-state index is 0.00388. The minimum atomic E-state index is 0.00388. The van der Waals surface area contributed by atoms with Crippen LogP contribution in [0.5, 0.6) is 0 Å². The molecule has 4 heterocycles. The maximum Gasteiger partial charge on any atom is 0.224 e. The number of aryl methyl sites for hydroxylation is 2. The third kappa shape index (κ3) is 5.00. The predicted molar refractivity (Wildman–Crippen MR) is 130 cm³/mol. The quantitative estimate of drug-likeness (QED) is 0.724. The van der Waals surface area contributed by atoms with E-state index < -0.39 is 0 Å². The molecule has 0 bridgehead atoms. The Bertz CT molecular complexity index is 952. The van der Waals surface area contributed by atoms with Gasteiger partial charge in [-0.3, -0.25) is 4.79 Å². The molecule has 0 radical (unpaired) electrons. The van der Waals surface area contributed by atoms with Crippen LogP contribution in [0, 0.1) is 5.92 Å². The molecule has 0 aromatic carbocycles. The van der Waals surface area contributed by atoms with E-state index >= 15 is 0 Å². The molecule has 2 fully saturated rings. The number of hydrogen-bond donors (Lipinski definition) is 1. The van der Waals surface area contributed by atoms with Gasteiger partial charge in [0.15, 0.2) is 17.0 Å². The molecular weight excluding hydrogens is 414 g/mol. The van der Waals surface area contributed by atoms with Gasteiger partial charge < -0.3 is 19.7 Å². The van der Waals surface area contributed by atoms with Crippen LogP contribution in [0.3, 0.4) is 0 Å². The Kier molecular flexibility index (Phi) is 7.09. The number of likely N-dealkylation sites (N-methyl/N-ethyl adjacent to an activating group) is 1. The maximum atomic E-state index is 13.0. The molecule has 1 N–H and O–H groups in total. The predicted octanol–water partition coefficient (Wildman–Crippen LogP) is 3.15. The van der Waals surface area contributed by atoms with Crippen molar-refractivity contribution < 1.29 is 4.79 Å². The van der Waals surface area contributed by atoms with E-state index in [0.29, 0.717) is 12.6 Å². The highest BCUT2D eigenvalue weighted by Gasteiger charge is 2.29. The van der Waals surface area contributed by atoms with E-state index in [9.17, 15) is 4.79 Å². The number of rotatable bonds is 6. The Morgan fingerprint density at radius 1 is 1.06 bits per heavy atom. The first-order valence-electron chi connectivity index (χ1n) is 13.1. The lowest BCUT2D eigenvalue weighted by Crippen LogP contribution is -2.45. The molecule has 8 nitrogen and oxygen atoms in total. The van der Waals surface area contributed by atoms with E-state index in [0.717, 1.165) is 68.2 Å². The van der Waals surface area contributed by atoms with Crippen molar-refractivity contribution in [3.05, 3.63) is 12.2 Å². The summed E-state index contributed by atoms with van der Waals surface area (Å²) in [6.07, 6.45) is 14.9. The lowest BCUT2D eigenvalue weighted by molar-refractivity contribution is -0.125. The first kappa shape index (κ1) is 22.6. The molecule has 0 spiro atoms. The van der Waals surface area contributed by atoms with Gasteiger partial charge in [0.2, 0.25) is 5.91 Å². The number of nitrogens with one attached hydrogen (secondary N) is 1. The van der Waals surface area contributed by atoms with Crippen LogP contribution in [0.4, 0.5) is 5.82 Å². The van der Waals surface area contributed by atoms with Crippen molar-refractivity contribution >= 4 is 22.9 Å². The van der Waals surface area contributed by atoms with Gasteiger partial charge in [-0.15, -0.1) is 0 Å². The second kappa shape index (κ2) is 10.4. The summed E-state index contributed by atoms with van der Waals surface area (Å²) < 4.78 is 2.28. The molecule has 0 unspecified atom stereocenters. The number of imidazole rings is 1. The number of nitrogens with zero attached hydrogens (tertiary/aromatic N) is 6. The molecule has 5 rings (SSSR count). The summed E-state index contributed by atoms with van der Waals surface area (Å²) >= 11 is 0. The number of carbonyl (C=O) groups is 1. The van der Waals surface area contributed by atoms with Crippen LogP contribution >= 0.6 is 0 Å². The third-order valence-electron chi connectivity index (χ3n) is 7.93. The van der Waals surface area contributed by atoms with E-state index in [1.54, 1.807) is 6.33 Å². The molecule has 1 aliphatic carbocycles. The number of piperidine rings is 1. The highest BCUT2D eigenvalue weighted by atomic mass is 16.1. The number of anilines is 1. The standard InChI is InChI=1S/C25H39N7O/c1-30(20-10-4-2-5-11-20)16-13-26-25(33)19-9-8-14-31(17-19)23-22-24(28-18-27-23)32-15-7-3-6-12-21(32)29-22/h18-20H,2-17H2,1H3,(H,26,33)/t19-/m1/s1. The Morgan fingerprint density at radius 3 is 2.79 bits per heavy atom. The lowest BCUT2D eigenvalue weighted by Gasteiger charge is -2.33. The highest BCUT2D eigenvalue weighted by Crippen LogP contribution is 2.29. The van der Waals surface area contributed by atoms with Crippen LogP contribution in [0.2, 0.25) is 0 Å². The topological polar surface area (TPSA) is 79.2 Å². The largest absolute Gasteiger partial charge is 0.355 e. The lowest BCUT2D eigenvalue weighted by atomic mass is 9.94. The van der Waals surface area contributed by atoms with Gasteiger partial charge in [-0.05, 0) is 45.6 Å². The summed E-state index contributed by atoms with van der Waals surface area (Å²) in [7, 11) is 2.21. The second-order valence-corrected chi connectivity index (χ2v) is 10.2. The van der Waals surface area contributed by atoms with Crippen LogP contribution in [0.1, 0.15) is 70.0 Å². The van der Waals surface area contributed by atoms with Crippen molar-refractivity contribution in [2.45, 2.75) is 83.2 Å². The first-order chi connectivity index (χ1) is 16.2. The number of amides is 1. The number of carbonyl (C=O) groups excluding carboxylic acids is 1. The van der Waals surface area contributed by atoms with Crippen LogP contribution < -0.4 is 10.2 Å². The van der Waals surface area contributed by atoms with Crippen molar-refractivity contribution in [1.29, 1.82) is 0 Å². The summed E-state index contributed by atoms with van der Waals surface area (Å²) in [5.41, 5.74) is 1.86. The number of fused-ring (bicyclic) bond motifs is 3. The fourth-order valence-corrected chi connectivity index (χ4v) is 5.94. The Hall–Kier alpha value is -2.22. The Balaban J connectivity index is 1.21. The molecule has 2 aromatic rings. The summed E-state index contributed by atoms with van der Waals surface area (Å²) in [6.45, 7) is 4.27. The van der Waals surface area contributed by atoms with E-state index in [1.165, 1.54) is 51.4 Å². The molecule has 2 aliphatic heterocycles. The van der Waals surface area contributed by atoms with Crippen molar-refractivity contribution in [3.63, 3.8) is 0 Å². The van der Waals surface area contributed by atoms with E-state index in [-0.39, 0.29) is 11.8 Å². The van der Waals surface area contributed by atoms with Gasteiger partial charge in [-0.1, -0.05) is 25.7 Å². The van der Waals surface area contributed by atoms with Gasteiger partial charge >= 0.3 is 0 Å². The zero-order valence-corrected chi connectivity index (χ0v) is 20.1. The van der Waals surface area contributed by atoms with Crippen molar-refractivity contribution in [1.82, 2.24) is 29.7 Å². The van der Waals surface area contributed by atoms with E-state index in [2.05, 4.69) is 36.7 Å². The zero-order chi connectivity index (χ0) is 22.6. The van der Waals surface area contributed by atoms with Crippen LogP contribution in [-0.2, 0) is 17.8 Å². The normalized spacial score (nSPS) is 22.4. The number of hydrogen-bond acceptors (Lipinski definition) is 6. The molecule has 3 aliphatic rings. The summed E-state index contributed by atoms with van der Waals surface area (Å²) in [5.74, 6) is 2.22. The fourth-order valence-electron chi connectivity index (χ4n) is 5.94. The third-order valence-corrected chi connectivity index (χ3v) is 7.93. The average molecular weight is 454 g/mol. The first-order valence-corrected chi connectivity index (χ1v) is 13.1. The highest BCUT2D eigenvalue weighted by molar-refractivity contribution is 5.85. The minimum Gasteiger partial charge on any atom is -0.355 e. The summed E-state index contributed by atoms with van der Waals surface area (Å²) in [5, 5.41) is 3.22. The van der Waals surface area contributed by atoms with Gasteiger partial charge in [-0.25, -0.2) is 15.0 Å². The second-order valence-electron chi connectivity index (χ2n) is 10.2. The summed E-state index contributed by atoms with van der Waals surface area (Å²) in [6, 6.07) is 0.686. The SMILES string of the molecule is CN(CCNC(=O)[C@@H]1CCCN(c2ncnc3c2nc2n3CCCCC2)C1)C1CCCCC1. The van der Waals surface area contributed by atoms with Gasteiger partial charge in [0.25, 0.3) is 0 Å². The van der Waals surface area contributed by atoms with Crippen molar-refractivity contribution in [2.75, 3.05) is 38.1 Å². The van der Waals surface area contributed by atoms with E-state index in [1.807, 2.05) is 0 Å². The molecule has 1 atom stereocenters. The molecular formula is C25H39N7O. The van der Waals surface area contributed by atoms with Crippen LogP contribution in [-0.4, -0.2) is 69.6 Å². The van der Waals surface area contributed by atoms with E-state index in [4.69, 9.17) is 4.98 Å². The maximum absolute atomic E-state index is 13.0. The smallest absolute Gasteiger partial charge is 0.224 e. The molecule has 180 valence electrons. The Morgan fingerprint density at radius 2 is 1.91 bits per heavy atom. The van der Waals surface area contributed by atoms with Gasteiger partial charge in [0.1, 0.15) is 12.2 Å². The molecule has 2 aromatic heterocycles. The van der Waals surface area contributed by atoms with Gasteiger partial charge in [0, 0.05) is 45.2 Å². The molecule has 1 amide bonds. The average Bonchev–Trinajstić information content (AvgIpc) is 3.05. The molecule has 1 saturated heterocycles. The molecule has 8 heteroatoms. The van der Waals surface area contributed by atoms with Crippen molar-refractivity contribution in [3.8, 4) is 0 Å². The van der Waals surface area contributed by atoms with Crippen molar-refractivity contribution in [2.24, 2.45) is 5.92 Å². The zero-order valence-electron chi connectivity index (χ0n) is 20.1. The number of aromatic nitrogens is 4. The van der Waals surface area contributed by atoms with Gasteiger partial charge in [-0.2, -0.15) is 0 Å².